The van der Waals surface area contributed by atoms with E-state index in [9.17, 15) is 79.5 Å². The zero-order valence-electron chi connectivity index (χ0n) is 78.7. The maximum absolute atomic E-state index is 13.6. The van der Waals surface area contributed by atoms with E-state index in [0.717, 1.165) is 182 Å². The molecule has 0 bridgehead atoms. The molecule has 141 heavy (non-hydrogen) atoms. The van der Waals surface area contributed by atoms with Crippen molar-refractivity contribution in [3.63, 3.8) is 0 Å². The molecule has 726 valence electrons. The van der Waals surface area contributed by atoms with Gasteiger partial charge in [-0.1, -0.05) is 109 Å². The van der Waals surface area contributed by atoms with Crippen molar-refractivity contribution in [1.82, 2.24) is 0 Å². The summed E-state index contributed by atoms with van der Waals surface area (Å²) in [4.78, 5) is 147. The van der Waals surface area contributed by atoms with Gasteiger partial charge in [0.05, 0.1) is 63.4 Å². The average molecular weight is 1910 g/mol. The van der Waals surface area contributed by atoms with Crippen LogP contribution in [-0.4, -0.2) is 116 Å². The molecule has 0 unspecified atom stereocenters. The highest BCUT2D eigenvalue weighted by Crippen LogP contribution is 2.37. The standard InChI is InChI=1S/C20H17F3O3.C20H20O4.C20H20O3.2C19H17FO3.C19H18O3/c21-20(22,23)16-6-2-1-5-15(16)18(25)9-8-17(24)13-7-10-19-14(12-13)4-3-11-26-19;1-23-20-7-3-2-6-16(20)18(22)10-9-17(21)14-8-11-19-15(13-14)5-4-12-24-19;1-14-5-2-3-7-17(14)19(22)10-9-18(21)15-8-11-20-16(13-15)6-4-12-23-20;20-16-5-1-3-13(12-16)17(21)7-8-18(22)14-6-9-19-15(11-14)4-2-10-23-19;20-16-6-2-1-5-15(16)18(22)9-8-17(21)13-7-10-19-14(12-13)4-3-11-23-19;20-17(14-5-2-1-3-6-14)9-10-18(21)15-8-11-19-16(13-15)7-4-12-22-19/h1-2,5-7,10,12H,3-4,8-9,11H2;2-3,6-8,11,13H,4-5,9-10,12H2,1H3;2-3,5,7-8,11,13H,4,6,9-10,12H2,1H3;1,3,5-6,9,11-12H,2,4,7-8,10H2;1-2,5-7,10,12H,3-4,8-9,11H2;1-3,5-6,8,11,13H,4,7,9-10,12H2. The third-order valence-electron chi connectivity index (χ3n) is 24.7. The summed E-state index contributed by atoms with van der Waals surface area (Å²) in [7, 11) is 1.53. The van der Waals surface area contributed by atoms with Crippen LogP contribution >= 0.6 is 0 Å². The Balaban J connectivity index is 0.000000142. The number of hydrogen-bond donors (Lipinski definition) is 0. The number of carbonyl (C=O) groups is 12. The van der Waals surface area contributed by atoms with Gasteiger partial charge in [0.1, 0.15) is 51.9 Å². The number of aryl methyl sites for hydroxylation is 7. The zero-order chi connectivity index (χ0) is 99.7. The van der Waals surface area contributed by atoms with Gasteiger partial charge in [-0.05, 0) is 275 Å². The lowest BCUT2D eigenvalue weighted by Crippen LogP contribution is -2.14. The fraction of sp³-hybridized carbons (Fsp3) is 0.282. The van der Waals surface area contributed by atoms with Gasteiger partial charge in [0.15, 0.2) is 69.4 Å². The molecule has 6 aliphatic heterocycles. The molecule has 18 rings (SSSR count). The van der Waals surface area contributed by atoms with Gasteiger partial charge in [-0.15, -0.1) is 0 Å². The van der Waals surface area contributed by atoms with Crippen LogP contribution < -0.4 is 33.2 Å². The van der Waals surface area contributed by atoms with Crippen molar-refractivity contribution < 1.29 is 113 Å². The first-order chi connectivity index (χ1) is 68.2. The Labute approximate surface area is 815 Å². The summed E-state index contributed by atoms with van der Waals surface area (Å²) in [5.41, 5.74) is 11.7. The molecule has 0 amide bonds. The molecule has 12 aromatic carbocycles. The second-order valence-electron chi connectivity index (χ2n) is 34.6. The van der Waals surface area contributed by atoms with Crippen LogP contribution in [0.25, 0.3) is 0 Å². The van der Waals surface area contributed by atoms with Crippen LogP contribution in [-0.2, 0) is 44.7 Å². The molecule has 19 nitrogen and oxygen atoms in total. The van der Waals surface area contributed by atoms with Crippen molar-refractivity contribution in [1.29, 1.82) is 0 Å². The van der Waals surface area contributed by atoms with E-state index in [1.54, 1.807) is 97.1 Å². The third-order valence-corrected chi connectivity index (χ3v) is 24.7. The van der Waals surface area contributed by atoms with Gasteiger partial charge in [-0.3, -0.25) is 57.5 Å². The van der Waals surface area contributed by atoms with Crippen molar-refractivity contribution in [3.8, 4) is 40.2 Å². The van der Waals surface area contributed by atoms with Gasteiger partial charge >= 0.3 is 6.18 Å². The van der Waals surface area contributed by atoms with E-state index in [1.807, 2.05) is 110 Å². The maximum atomic E-state index is 13.6. The van der Waals surface area contributed by atoms with E-state index in [4.69, 9.17) is 33.2 Å². The number of Topliss-reactive ketones (excluding diaryl/α,β-unsaturated/α-hetero) is 12. The smallest absolute Gasteiger partial charge is 0.417 e. The Morgan fingerprint density at radius 3 is 0.837 bits per heavy atom. The summed E-state index contributed by atoms with van der Waals surface area (Å²) in [5, 5.41) is 0. The van der Waals surface area contributed by atoms with Crippen LogP contribution in [0.2, 0.25) is 0 Å². The fourth-order valence-electron chi connectivity index (χ4n) is 17.0. The minimum atomic E-state index is -4.60. The third kappa shape index (κ3) is 29.5. The number of methoxy groups -OCH3 is 1. The molecule has 12 aromatic rings. The normalized spacial score (nSPS) is 13.2. The number of para-hydroxylation sites is 1. The largest absolute Gasteiger partial charge is 0.496 e. The van der Waals surface area contributed by atoms with Crippen molar-refractivity contribution >= 4 is 69.4 Å². The monoisotopic (exact) mass is 1910 g/mol. The van der Waals surface area contributed by atoms with E-state index in [1.165, 1.54) is 55.6 Å². The van der Waals surface area contributed by atoms with Crippen LogP contribution in [0.15, 0.2) is 261 Å². The second-order valence-corrected chi connectivity index (χ2v) is 34.6. The molecule has 0 atom stereocenters. The number of rotatable bonds is 31. The minimum absolute atomic E-state index is 0.00729. The van der Waals surface area contributed by atoms with Gasteiger partial charge in [0.25, 0.3) is 0 Å². The quantitative estimate of drug-likeness (QED) is 0.0288. The van der Waals surface area contributed by atoms with Crippen LogP contribution in [0, 0.1) is 18.6 Å². The molecule has 0 aromatic heterocycles. The van der Waals surface area contributed by atoms with Crippen molar-refractivity contribution in [2.75, 3.05) is 46.8 Å². The van der Waals surface area contributed by atoms with Crippen molar-refractivity contribution in [2.45, 2.75) is 167 Å². The van der Waals surface area contributed by atoms with Crippen molar-refractivity contribution in [3.05, 3.63) is 384 Å². The highest BCUT2D eigenvalue weighted by molar-refractivity contribution is 6.07. The molecule has 0 aliphatic carbocycles. The first kappa shape index (κ1) is 103. The van der Waals surface area contributed by atoms with Crippen LogP contribution in [0.1, 0.15) is 284 Å². The van der Waals surface area contributed by atoms with Crippen LogP contribution in [0.4, 0.5) is 22.0 Å². The van der Waals surface area contributed by atoms with E-state index in [-0.39, 0.29) is 146 Å². The molecule has 6 aliphatic rings. The summed E-state index contributed by atoms with van der Waals surface area (Å²) in [5.74, 6) is 2.83. The summed E-state index contributed by atoms with van der Waals surface area (Å²) >= 11 is 0. The summed E-state index contributed by atoms with van der Waals surface area (Å²) in [6.45, 7) is 6.19. The Kier molecular flexibility index (Phi) is 37.4. The predicted molar refractivity (Wildman–Crippen MR) is 524 cm³/mol. The fourth-order valence-corrected chi connectivity index (χ4v) is 17.0. The van der Waals surface area contributed by atoms with Gasteiger partial charge in [0, 0.05) is 133 Å². The number of fused-ring (bicyclic) bond motifs is 6. The number of hydrogen-bond acceptors (Lipinski definition) is 19. The molecule has 0 saturated heterocycles. The highest BCUT2D eigenvalue weighted by Gasteiger charge is 2.35. The molecule has 0 fully saturated rings. The van der Waals surface area contributed by atoms with E-state index < -0.39 is 34.7 Å². The van der Waals surface area contributed by atoms with Crippen LogP contribution in [0.5, 0.6) is 40.2 Å². The lowest BCUT2D eigenvalue weighted by atomic mass is 9.96. The first-order valence-electron chi connectivity index (χ1n) is 47.5. The zero-order valence-corrected chi connectivity index (χ0v) is 78.7. The Hall–Kier alpha value is -15.1. The molecule has 0 N–H and O–H groups in total. The molecule has 6 heterocycles. The van der Waals surface area contributed by atoms with Gasteiger partial charge in [-0.2, -0.15) is 13.2 Å². The topological polar surface area (TPSA) is 269 Å². The number of alkyl halides is 3. The molecule has 0 radical (unpaired) electrons. The van der Waals surface area contributed by atoms with E-state index in [2.05, 4.69) is 0 Å². The first-order valence-corrected chi connectivity index (χ1v) is 47.5. The van der Waals surface area contributed by atoms with Gasteiger partial charge < -0.3 is 33.2 Å². The molecular formula is C117H109F5O19. The summed E-state index contributed by atoms with van der Waals surface area (Å²) in [6.07, 6.45) is 7.74. The van der Waals surface area contributed by atoms with E-state index in [0.29, 0.717) is 81.2 Å². The SMILES string of the molecule is COc1ccccc1C(=O)CCC(=O)c1ccc2c(c1)CCCO2.Cc1ccccc1C(=O)CCC(=O)c1ccc2c(c1)CCCO2.O=C(CCC(=O)c1ccc2c(c1)CCCO2)c1cccc(F)c1.O=C(CCC(=O)c1ccc2c(c1)CCCO2)c1ccccc1.O=C(CCC(=O)c1ccccc1C(F)(F)F)c1ccc2c(c1)CCCO2.O=C(CCC(=O)c1ccccc1F)c1ccc2c(c1)CCCO2. The second kappa shape index (κ2) is 51.0. The molecular weight excluding hydrogens is 1800 g/mol. The van der Waals surface area contributed by atoms with E-state index >= 15 is 0 Å². The summed E-state index contributed by atoms with van der Waals surface area (Å²) in [6, 6.07) is 72.2. The molecule has 0 saturated carbocycles. The summed E-state index contributed by atoms with van der Waals surface area (Å²) < 4.78 is 104. The maximum Gasteiger partial charge on any atom is 0.417 e. The number of benzene rings is 12. The lowest BCUT2D eigenvalue weighted by molar-refractivity contribution is -0.138. The Morgan fingerprint density at radius 1 is 0.255 bits per heavy atom. The van der Waals surface area contributed by atoms with Crippen molar-refractivity contribution in [2.24, 2.45) is 0 Å². The molecule has 24 heteroatoms. The Bertz CT molecular complexity index is 6440. The van der Waals surface area contributed by atoms with Crippen LogP contribution in [0.3, 0.4) is 0 Å². The number of carbonyl (C=O) groups excluding carboxylic acids is 12. The predicted octanol–water partition coefficient (Wildman–Crippen LogP) is 24.8. The minimum Gasteiger partial charge on any atom is -0.496 e. The number of ketones is 12. The lowest BCUT2D eigenvalue weighted by Gasteiger charge is -2.17. The van der Waals surface area contributed by atoms with Gasteiger partial charge in [-0.25, -0.2) is 8.78 Å². The number of ether oxygens (including phenoxy) is 7. The molecule has 0 spiro atoms. The number of halogens is 5. The van der Waals surface area contributed by atoms with Gasteiger partial charge in [0.2, 0.25) is 0 Å². The Morgan fingerprint density at radius 2 is 0.511 bits per heavy atom. The highest BCUT2D eigenvalue weighted by atomic mass is 19.4. The average Bonchev–Trinajstić information content (AvgIpc) is 0.776.